The lowest BCUT2D eigenvalue weighted by Gasteiger charge is -2.23. The van der Waals surface area contributed by atoms with Crippen molar-refractivity contribution in [1.82, 2.24) is 4.72 Å². The number of rotatable bonds is 7. The van der Waals surface area contributed by atoms with Crippen LogP contribution in [0.3, 0.4) is 0 Å². The molecule has 2 rings (SSSR count). The molecule has 0 bridgehead atoms. The zero-order chi connectivity index (χ0) is 15.3. The van der Waals surface area contributed by atoms with Gasteiger partial charge in [-0.3, -0.25) is 0 Å². The number of nitrogens with one attached hydrogen (secondary N) is 1. The third kappa shape index (κ3) is 4.26. The Morgan fingerprint density at radius 2 is 2.10 bits per heavy atom. The first-order valence-corrected chi connectivity index (χ1v) is 8.85. The number of hydrogen-bond donors (Lipinski definition) is 2. The van der Waals surface area contributed by atoms with Crippen molar-refractivity contribution in [2.45, 2.75) is 43.2 Å². The molecule has 1 aromatic rings. The van der Waals surface area contributed by atoms with Crippen LogP contribution in [0.2, 0.25) is 0 Å². The van der Waals surface area contributed by atoms with Crippen LogP contribution in [-0.4, -0.2) is 28.1 Å². The number of hydrogen-bond acceptors (Lipinski definition) is 4. The predicted molar refractivity (Wildman–Crippen MR) is 82.3 cm³/mol. The van der Waals surface area contributed by atoms with Crippen molar-refractivity contribution in [1.29, 1.82) is 0 Å². The maximum Gasteiger partial charge on any atom is 0.240 e. The van der Waals surface area contributed by atoms with E-state index >= 15 is 0 Å². The minimum Gasteiger partial charge on any atom is -0.380 e. The Balaban J connectivity index is 2.14. The zero-order valence-electron chi connectivity index (χ0n) is 12.4. The Bertz CT molecular complexity index is 554. The molecule has 0 heterocycles. The highest BCUT2D eigenvalue weighted by Crippen LogP contribution is 2.28. The Morgan fingerprint density at radius 1 is 1.38 bits per heavy atom. The van der Waals surface area contributed by atoms with Gasteiger partial charge in [-0.1, -0.05) is 25.0 Å². The molecule has 1 aliphatic carbocycles. The van der Waals surface area contributed by atoms with Crippen molar-refractivity contribution >= 4 is 10.0 Å². The summed E-state index contributed by atoms with van der Waals surface area (Å²) in [6, 6.07) is 6.65. The monoisotopic (exact) mass is 312 g/mol. The summed E-state index contributed by atoms with van der Waals surface area (Å²) in [5.41, 5.74) is 6.61. The summed E-state index contributed by atoms with van der Waals surface area (Å²) in [7, 11) is -1.95. The normalized spacial score (nSPS) is 18.0. The first-order chi connectivity index (χ1) is 10.1. The largest absolute Gasteiger partial charge is 0.380 e. The summed E-state index contributed by atoms with van der Waals surface area (Å²) in [6.07, 6.45) is 4.42. The lowest BCUT2D eigenvalue weighted by atomic mass is 9.99. The molecule has 0 amide bonds. The Kier molecular flexibility index (Phi) is 5.75. The van der Waals surface area contributed by atoms with Crippen molar-refractivity contribution in [3.63, 3.8) is 0 Å². The number of benzene rings is 1. The molecule has 6 heteroatoms. The molecule has 1 atom stereocenters. The third-order valence-electron chi connectivity index (χ3n) is 4.05. The van der Waals surface area contributed by atoms with E-state index in [-0.39, 0.29) is 10.9 Å². The second-order valence-electron chi connectivity index (χ2n) is 5.59. The van der Waals surface area contributed by atoms with Crippen LogP contribution in [-0.2, 0) is 21.4 Å². The molecule has 0 radical (unpaired) electrons. The SMILES string of the molecule is COCc1cccc(S(=O)(=O)NC(CN)C2CCCC2)c1. The van der Waals surface area contributed by atoms with Gasteiger partial charge in [0.05, 0.1) is 11.5 Å². The van der Waals surface area contributed by atoms with Gasteiger partial charge in [-0.25, -0.2) is 13.1 Å². The summed E-state index contributed by atoms with van der Waals surface area (Å²) < 4.78 is 32.8. The van der Waals surface area contributed by atoms with E-state index in [0.29, 0.717) is 19.1 Å². The van der Waals surface area contributed by atoms with Crippen LogP contribution in [0.1, 0.15) is 31.2 Å². The van der Waals surface area contributed by atoms with E-state index < -0.39 is 10.0 Å². The van der Waals surface area contributed by atoms with Crippen molar-refractivity contribution < 1.29 is 13.2 Å². The average molecular weight is 312 g/mol. The number of sulfonamides is 1. The summed E-state index contributed by atoms with van der Waals surface area (Å²) in [5.74, 6) is 0.354. The van der Waals surface area contributed by atoms with Crippen molar-refractivity contribution in [3.05, 3.63) is 29.8 Å². The maximum atomic E-state index is 12.5. The van der Waals surface area contributed by atoms with Gasteiger partial charge >= 0.3 is 0 Å². The van der Waals surface area contributed by atoms with E-state index in [4.69, 9.17) is 10.5 Å². The summed E-state index contributed by atoms with van der Waals surface area (Å²) in [4.78, 5) is 0.272. The van der Waals surface area contributed by atoms with Crippen molar-refractivity contribution in [2.24, 2.45) is 11.7 Å². The molecular formula is C15H24N2O3S. The molecule has 0 aliphatic heterocycles. The number of ether oxygens (including phenoxy) is 1. The van der Waals surface area contributed by atoms with Crippen LogP contribution in [0.4, 0.5) is 0 Å². The molecular weight excluding hydrogens is 288 g/mol. The molecule has 0 aromatic heterocycles. The smallest absolute Gasteiger partial charge is 0.240 e. The Labute approximate surface area is 126 Å². The van der Waals surface area contributed by atoms with Gasteiger partial charge in [0.1, 0.15) is 0 Å². The quantitative estimate of drug-likeness (QED) is 0.802. The van der Waals surface area contributed by atoms with Crippen LogP contribution in [0.5, 0.6) is 0 Å². The molecule has 1 aromatic carbocycles. The summed E-state index contributed by atoms with van der Waals surface area (Å²) in [5, 5.41) is 0. The first-order valence-electron chi connectivity index (χ1n) is 7.37. The fourth-order valence-corrected chi connectivity index (χ4v) is 4.32. The lowest BCUT2D eigenvalue weighted by molar-refractivity contribution is 0.184. The highest BCUT2D eigenvalue weighted by molar-refractivity contribution is 7.89. The van der Waals surface area contributed by atoms with Gasteiger partial charge in [0.25, 0.3) is 0 Å². The van der Waals surface area contributed by atoms with Gasteiger partial charge in [-0.05, 0) is 36.5 Å². The van der Waals surface area contributed by atoms with E-state index in [1.165, 1.54) is 0 Å². The second-order valence-corrected chi connectivity index (χ2v) is 7.30. The highest BCUT2D eigenvalue weighted by Gasteiger charge is 2.28. The summed E-state index contributed by atoms with van der Waals surface area (Å²) in [6.45, 7) is 0.730. The zero-order valence-corrected chi connectivity index (χ0v) is 13.2. The predicted octanol–water partition coefficient (Wildman–Crippen LogP) is 1.63. The van der Waals surface area contributed by atoms with Gasteiger partial charge in [-0.2, -0.15) is 0 Å². The minimum absolute atomic E-state index is 0.177. The third-order valence-corrected chi connectivity index (χ3v) is 5.54. The number of methoxy groups -OCH3 is 1. The first kappa shape index (κ1) is 16.4. The number of nitrogens with two attached hydrogens (primary N) is 1. The van der Waals surface area contributed by atoms with E-state index in [2.05, 4.69) is 4.72 Å². The van der Waals surface area contributed by atoms with Crippen LogP contribution >= 0.6 is 0 Å². The van der Waals surface area contributed by atoms with Crippen LogP contribution in [0, 0.1) is 5.92 Å². The molecule has 0 saturated heterocycles. The molecule has 1 unspecified atom stereocenters. The van der Waals surface area contributed by atoms with Gasteiger partial charge in [0.15, 0.2) is 0 Å². The molecule has 21 heavy (non-hydrogen) atoms. The van der Waals surface area contributed by atoms with Crippen LogP contribution in [0.25, 0.3) is 0 Å². The van der Waals surface area contributed by atoms with Crippen LogP contribution in [0.15, 0.2) is 29.2 Å². The average Bonchev–Trinajstić information content (AvgIpc) is 2.99. The fourth-order valence-electron chi connectivity index (χ4n) is 2.93. The van der Waals surface area contributed by atoms with Gasteiger partial charge in [0.2, 0.25) is 10.0 Å². The van der Waals surface area contributed by atoms with E-state index in [1.54, 1.807) is 25.3 Å². The molecule has 1 aliphatic rings. The summed E-state index contributed by atoms with van der Waals surface area (Å²) >= 11 is 0. The molecule has 5 nitrogen and oxygen atoms in total. The van der Waals surface area contributed by atoms with E-state index in [0.717, 1.165) is 31.2 Å². The molecule has 118 valence electrons. The van der Waals surface area contributed by atoms with Crippen molar-refractivity contribution in [3.8, 4) is 0 Å². The molecule has 1 fully saturated rings. The molecule has 3 N–H and O–H groups in total. The second kappa shape index (κ2) is 7.35. The molecule has 0 spiro atoms. The highest BCUT2D eigenvalue weighted by atomic mass is 32.2. The fraction of sp³-hybridized carbons (Fsp3) is 0.600. The van der Waals surface area contributed by atoms with Crippen molar-refractivity contribution in [2.75, 3.05) is 13.7 Å². The Morgan fingerprint density at radius 3 is 2.71 bits per heavy atom. The standard InChI is InChI=1S/C15H24N2O3S/c1-20-11-12-5-4-8-14(9-12)21(18,19)17-15(10-16)13-6-2-3-7-13/h4-5,8-9,13,15,17H,2-3,6-7,10-11,16H2,1H3. The van der Waals surface area contributed by atoms with Gasteiger partial charge in [0, 0.05) is 19.7 Å². The van der Waals surface area contributed by atoms with Gasteiger partial charge < -0.3 is 10.5 Å². The van der Waals surface area contributed by atoms with Crippen LogP contribution < -0.4 is 10.5 Å². The van der Waals surface area contributed by atoms with E-state index in [1.807, 2.05) is 6.07 Å². The minimum atomic E-state index is -3.54. The topological polar surface area (TPSA) is 81.4 Å². The van der Waals surface area contributed by atoms with E-state index in [9.17, 15) is 8.42 Å². The molecule has 1 saturated carbocycles. The Hall–Kier alpha value is -0.950. The van der Waals surface area contributed by atoms with Gasteiger partial charge in [-0.15, -0.1) is 0 Å². The maximum absolute atomic E-state index is 12.5. The lowest BCUT2D eigenvalue weighted by Crippen LogP contribution is -2.44.